The van der Waals surface area contributed by atoms with Gasteiger partial charge in [-0.1, -0.05) is 23.2 Å². The Labute approximate surface area is 187 Å². The Balaban J connectivity index is 0.00000300. The fourth-order valence-corrected chi connectivity index (χ4v) is 4.16. The molecule has 0 aromatic heterocycles. The van der Waals surface area contributed by atoms with Crippen LogP contribution in [0.3, 0.4) is 0 Å². The van der Waals surface area contributed by atoms with Crippen LogP contribution in [0, 0.1) is 12.7 Å². The molecule has 158 valence electrons. The lowest BCUT2D eigenvalue weighted by Crippen LogP contribution is -2.58. The van der Waals surface area contributed by atoms with Crippen LogP contribution in [0.15, 0.2) is 36.4 Å². The zero-order valence-corrected chi connectivity index (χ0v) is 18.9. The van der Waals surface area contributed by atoms with E-state index in [1.54, 1.807) is 24.1 Å². The molecule has 1 aliphatic heterocycles. The Bertz CT molecular complexity index is 860. The van der Waals surface area contributed by atoms with Gasteiger partial charge >= 0.3 is 0 Å². The van der Waals surface area contributed by atoms with Crippen LogP contribution in [0.2, 0.25) is 10.0 Å². The smallest absolute Gasteiger partial charge is 0.246 e. The molecule has 29 heavy (non-hydrogen) atoms. The number of amides is 1. The number of nitrogens with zero attached hydrogens (tertiary/aromatic N) is 2. The summed E-state index contributed by atoms with van der Waals surface area (Å²) in [4.78, 5) is 17.1. The van der Waals surface area contributed by atoms with Crippen LogP contribution in [0.1, 0.15) is 24.1 Å². The van der Waals surface area contributed by atoms with Gasteiger partial charge in [-0.2, -0.15) is 0 Å². The number of likely N-dealkylation sites (N-methyl/N-ethyl adjacent to an activating group) is 1. The maximum atomic E-state index is 13.5. The first-order valence-corrected chi connectivity index (χ1v) is 9.99. The minimum atomic E-state index is -0.375. The molecule has 8 heteroatoms. The number of carbonyl (C=O) groups excluding carboxylic acids is 1. The van der Waals surface area contributed by atoms with E-state index in [1.165, 1.54) is 12.1 Å². The number of rotatable bonds is 4. The summed E-state index contributed by atoms with van der Waals surface area (Å²) in [6.45, 7) is 5.78. The summed E-state index contributed by atoms with van der Waals surface area (Å²) < 4.78 is 13.5. The van der Waals surface area contributed by atoms with Gasteiger partial charge in [0, 0.05) is 42.4 Å². The topological polar surface area (TPSA) is 35.6 Å². The molecule has 0 aliphatic carbocycles. The largest absolute Gasteiger partial charge is 0.357 e. The third-order valence-corrected chi connectivity index (χ3v) is 5.73. The minimum Gasteiger partial charge on any atom is -0.357 e. The van der Waals surface area contributed by atoms with E-state index in [0.717, 1.165) is 23.4 Å². The van der Waals surface area contributed by atoms with Gasteiger partial charge in [0.05, 0.1) is 6.04 Å². The SMILES string of the molecule is Cc1cc(F)ccc1N1CCNCC1C(=O)N(C)C(C)c1cc(Cl)cc(Cl)c1.Cl. The van der Waals surface area contributed by atoms with Gasteiger partial charge in [0.2, 0.25) is 5.91 Å². The van der Waals surface area contributed by atoms with Crippen LogP contribution < -0.4 is 10.2 Å². The molecule has 1 N–H and O–H groups in total. The molecule has 1 amide bonds. The van der Waals surface area contributed by atoms with Crippen molar-refractivity contribution in [3.05, 3.63) is 63.4 Å². The number of piperazine rings is 1. The normalized spacial score (nSPS) is 17.4. The second-order valence-corrected chi connectivity index (χ2v) is 8.04. The standard InChI is InChI=1S/C21H24Cl2FN3O.ClH/c1-13-8-18(24)4-5-19(13)27-7-6-25-12-20(27)21(28)26(3)14(2)15-9-16(22)11-17(23)10-15;/h4-5,8-11,14,20,25H,6-7,12H2,1-3H3;1H. The second kappa shape index (κ2) is 9.98. The summed E-state index contributed by atoms with van der Waals surface area (Å²) in [5.74, 6) is -0.289. The molecular formula is C21H25Cl3FN3O. The Morgan fingerprint density at radius 3 is 2.52 bits per heavy atom. The predicted molar refractivity (Wildman–Crippen MR) is 120 cm³/mol. The van der Waals surface area contributed by atoms with Gasteiger partial charge in [-0.25, -0.2) is 4.39 Å². The van der Waals surface area contributed by atoms with Gasteiger partial charge in [0.1, 0.15) is 11.9 Å². The molecule has 2 aromatic carbocycles. The molecule has 2 aromatic rings. The number of anilines is 1. The maximum absolute atomic E-state index is 13.5. The third kappa shape index (κ3) is 5.34. The van der Waals surface area contributed by atoms with E-state index in [9.17, 15) is 9.18 Å². The lowest BCUT2D eigenvalue weighted by Gasteiger charge is -2.40. The average Bonchev–Trinajstić information content (AvgIpc) is 2.65. The van der Waals surface area contributed by atoms with Crippen molar-refractivity contribution < 1.29 is 9.18 Å². The van der Waals surface area contributed by atoms with E-state index < -0.39 is 0 Å². The number of halogens is 4. The van der Waals surface area contributed by atoms with Crippen molar-refractivity contribution in [2.75, 3.05) is 31.6 Å². The molecule has 2 atom stereocenters. The van der Waals surface area contributed by atoms with E-state index in [0.29, 0.717) is 23.1 Å². The van der Waals surface area contributed by atoms with E-state index in [4.69, 9.17) is 23.2 Å². The van der Waals surface area contributed by atoms with Crippen molar-refractivity contribution in [2.45, 2.75) is 25.9 Å². The average molecular weight is 461 g/mol. The molecule has 2 unspecified atom stereocenters. The molecule has 1 aliphatic rings. The lowest BCUT2D eigenvalue weighted by atomic mass is 10.0. The van der Waals surface area contributed by atoms with E-state index in [2.05, 4.69) is 10.2 Å². The molecular weight excluding hydrogens is 436 g/mol. The number of carbonyl (C=O) groups is 1. The summed E-state index contributed by atoms with van der Waals surface area (Å²) >= 11 is 12.2. The van der Waals surface area contributed by atoms with E-state index in [1.807, 2.05) is 26.0 Å². The minimum absolute atomic E-state index is 0. The van der Waals surface area contributed by atoms with Crippen molar-refractivity contribution >= 4 is 47.2 Å². The molecule has 4 nitrogen and oxygen atoms in total. The fourth-order valence-electron chi connectivity index (χ4n) is 3.62. The van der Waals surface area contributed by atoms with Gasteiger partial charge < -0.3 is 15.1 Å². The first kappa shape index (κ1) is 23.7. The zero-order valence-electron chi connectivity index (χ0n) is 16.6. The summed E-state index contributed by atoms with van der Waals surface area (Å²) in [5, 5.41) is 4.37. The first-order chi connectivity index (χ1) is 13.3. The van der Waals surface area contributed by atoms with Crippen molar-refractivity contribution in [2.24, 2.45) is 0 Å². The van der Waals surface area contributed by atoms with Crippen LogP contribution in [-0.4, -0.2) is 43.5 Å². The van der Waals surface area contributed by atoms with Gasteiger partial charge in [-0.15, -0.1) is 12.4 Å². The van der Waals surface area contributed by atoms with E-state index in [-0.39, 0.29) is 36.2 Å². The maximum Gasteiger partial charge on any atom is 0.246 e. The highest BCUT2D eigenvalue weighted by Gasteiger charge is 2.33. The van der Waals surface area contributed by atoms with E-state index >= 15 is 0 Å². The van der Waals surface area contributed by atoms with Crippen molar-refractivity contribution in [1.82, 2.24) is 10.2 Å². The Morgan fingerprint density at radius 2 is 1.90 bits per heavy atom. The van der Waals surface area contributed by atoms with Crippen LogP contribution in [-0.2, 0) is 4.79 Å². The molecule has 0 saturated carbocycles. The monoisotopic (exact) mass is 459 g/mol. The summed E-state index contributed by atoms with van der Waals surface area (Å²) in [7, 11) is 1.78. The number of benzene rings is 2. The van der Waals surface area contributed by atoms with Gasteiger partial charge in [-0.3, -0.25) is 4.79 Å². The van der Waals surface area contributed by atoms with Gasteiger partial charge in [0.15, 0.2) is 0 Å². The highest BCUT2D eigenvalue weighted by molar-refractivity contribution is 6.34. The molecule has 1 saturated heterocycles. The number of nitrogens with one attached hydrogen (secondary N) is 1. The molecule has 0 radical (unpaired) electrons. The highest BCUT2D eigenvalue weighted by atomic mass is 35.5. The highest BCUT2D eigenvalue weighted by Crippen LogP contribution is 2.29. The molecule has 1 heterocycles. The zero-order chi connectivity index (χ0) is 20.4. The van der Waals surface area contributed by atoms with Crippen LogP contribution in [0.25, 0.3) is 0 Å². The lowest BCUT2D eigenvalue weighted by molar-refractivity contribution is -0.133. The Kier molecular flexibility index (Phi) is 8.18. The first-order valence-electron chi connectivity index (χ1n) is 9.24. The number of hydrogen-bond acceptors (Lipinski definition) is 3. The molecule has 1 fully saturated rings. The Hall–Kier alpha value is -1.53. The van der Waals surface area contributed by atoms with Crippen molar-refractivity contribution in [1.29, 1.82) is 0 Å². The number of hydrogen-bond donors (Lipinski definition) is 1. The summed E-state index contributed by atoms with van der Waals surface area (Å²) in [5.41, 5.74) is 2.58. The summed E-state index contributed by atoms with van der Waals surface area (Å²) in [6, 6.07) is 9.43. The summed E-state index contributed by atoms with van der Waals surface area (Å²) in [6.07, 6.45) is 0. The van der Waals surface area contributed by atoms with Crippen molar-refractivity contribution in [3.8, 4) is 0 Å². The second-order valence-electron chi connectivity index (χ2n) is 7.17. The fraction of sp³-hybridized carbons (Fsp3) is 0.381. The quantitative estimate of drug-likeness (QED) is 0.708. The van der Waals surface area contributed by atoms with Crippen LogP contribution >= 0.6 is 35.6 Å². The van der Waals surface area contributed by atoms with Gasteiger partial charge in [-0.05, 0) is 61.4 Å². The molecule has 0 spiro atoms. The Morgan fingerprint density at radius 1 is 1.24 bits per heavy atom. The molecule has 0 bridgehead atoms. The third-order valence-electron chi connectivity index (χ3n) is 5.29. The van der Waals surface area contributed by atoms with Crippen LogP contribution in [0.4, 0.5) is 10.1 Å². The van der Waals surface area contributed by atoms with Crippen LogP contribution in [0.5, 0.6) is 0 Å². The van der Waals surface area contributed by atoms with Crippen molar-refractivity contribution in [3.63, 3.8) is 0 Å². The molecule has 3 rings (SSSR count). The number of aryl methyl sites for hydroxylation is 1. The predicted octanol–water partition coefficient (Wildman–Crippen LogP) is 4.86. The van der Waals surface area contributed by atoms with Gasteiger partial charge in [0.25, 0.3) is 0 Å².